The van der Waals surface area contributed by atoms with E-state index in [2.05, 4.69) is 4.98 Å². The van der Waals surface area contributed by atoms with Crippen molar-refractivity contribution in [1.82, 2.24) is 0 Å². The molecule has 0 aliphatic heterocycles. The summed E-state index contributed by atoms with van der Waals surface area (Å²) >= 11 is 0. The molecule has 2 aromatic rings. The first kappa shape index (κ1) is 12.7. The van der Waals surface area contributed by atoms with E-state index in [0.29, 0.717) is 5.56 Å². The highest BCUT2D eigenvalue weighted by molar-refractivity contribution is 5.74. The molecule has 1 N–H and O–H groups in total. The van der Waals surface area contributed by atoms with Crippen LogP contribution in [0.3, 0.4) is 0 Å². The standard InChI is InChI=1S/C15H13N3O/c1-18(13-10-6-3-7-11-13)15(19)14(17-16)12-8-4-2-5-9-12/h2-11H,1H3/p+1/b15-14+. The van der Waals surface area contributed by atoms with E-state index in [0.717, 1.165) is 5.69 Å². The Morgan fingerprint density at radius 3 is 2.05 bits per heavy atom. The fraction of sp³-hybridized carbons (Fsp3) is 0.0667. The number of anilines is 1. The van der Waals surface area contributed by atoms with Gasteiger partial charge in [0.25, 0.3) is 5.88 Å². The largest absolute Gasteiger partial charge is 0.489 e. The lowest BCUT2D eigenvalue weighted by molar-refractivity contribution is 0.400. The summed E-state index contributed by atoms with van der Waals surface area (Å²) in [4.78, 5) is 4.75. The second kappa shape index (κ2) is 5.69. The summed E-state index contributed by atoms with van der Waals surface area (Å²) in [6.07, 6.45) is 0. The molecule has 0 atom stereocenters. The Hall–Kier alpha value is -2.80. The molecule has 0 spiro atoms. The fourth-order valence-corrected chi connectivity index (χ4v) is 1.76. The van der Waals surface area contributed by atoms with E-state index < -0.39 is 0 Å². The van der Waals surface area contributed by atoms with Crippen molar-refractivity contribution in [3.8, 4) is 0 Å². The van der Waals surface area contributed by atoms with E-state index in [4.69, 9.17) is 5.39 Å². The normalized spacial score (nSPS) is 11.4. The molecule has 0 bridgehead atoms. The second-order valence-corrected chi connectivity index (χ2v) is 4.03. The third-order valence-electron chi connectivity index (χ3n) is 2.82. The molecular weight excluding hydrogens is 238 g/mol. The average Bonchev–Trinajstić information content (AvgIpc) is 2.49. The third kappa shape index (κ3) is 2.72. The van der Waals surface area contributed by atoms with Gasteiger partial charge in [0.1, 0.15) is 0 Å². The minimum atomic E-state index is -0.111. The maximum atomic E-state index is 10.2. The zero-order chi connectivity index (χ0) is 13.7. The van der Waals surface area contributed by atoms with Crippen molar-refractivity contribution in [2.75, 3.05) is 11.9 Å². The summed E-state index contributed by atoms with van der Waals surface area (Å²) in [6.45, 7) is 0. The van der Waals surface area contributed by atoms with Gasteiger partial charge in [-0.05, 0) is 24.3 Å². The van der Waals surface area contributed by atoms with Crippen molar-refractivity contribution in [3.63, 3.8) is 0 Å². The number of aliphatic hydroxyl groups excluding tert-OH is 1. The fourth-order valence-electron chi connectivity index (χ4n) is 1.76. The van der Waals surface area contributed by atoms with Crippen molar-refractivity contribution >= 4 is 11.4 Å². The molecule has 0 saturated heterocycles. The van der Waals surface area contributed by atoms with Crippen molar-refractivity contribution in [2.45, 2.75) is 0 Å². The molecule has 4 nitrogen and oxygen atoms in total. The zero-order valence-corrected chi connectivity index (χ0v) is 10.6. The molecule has 0 unspecified atom stereocenters. The highest BCUT2D eigenvalue weighted by Gasteiger charge is 2.24. The van der Waals surface area contributed by atoms with Crippen LogP contribution >= 0.6 is 0 Å². The molecular formula is C15H14N3O+. The van der Waals surface area contributed by atoms with Crippen LogP contribution in [0, 0.1) is 5.39 Å². The first-order valence-corrected chi connectivity index (χ1v) is 5.86. The van der Waals surface area contributed by atoms with E-state index >= 15 is 0 Å². The number of diazo groups is 1. The molecule has 0 aliphatic rings. The minimum Gasteiger partial charge on any atom is -0.489 e. The number of nitrogens with zero attached hydrogens (tertiary/aromatic N) is 3. The molecule has 19 heavy (non-hydrogen) atoms. The van der Waals surface area contributed by atoms with Gasteiger partial charge in [-0.15, -0.1) is 0 Å². The molecule has 0 fully saturated rings. The molecule has 2 rings (SSSR count). The summed E-state index contributed by atoms with van der Waals surface area (Å²) in [5.74, 6) is -0.111. The van der Waals surface area contributed by atoms with Crippen molar-refractivity contribution < 1.29 is 5.11 Å². The third-order valence-corrected chi connectivity index (χ3v) is 2.82. The Morgan fingerprint density at radius 2 is 1.53 bits per heavy atom. The lowest BCUT2D eigenvalue weighted by atomic mass is 10.1. The quantitative estimate of drug-likeness (QED) is 0.666. The predicted molar refractivity (Wildman–Crippen MR) is 75.9 cm³/mol. The zero-order valence-electron chi connectivity index (χ0n) is 10.6. The van der Waals surface area contributed by atoms with Gasteiger partial charge in [-0.25, -0.2) is 0 Å². The van der Waals surface area contributed by atoms with Gasteiger partial charge in [0.05, 0.1) is 5.56 Å². The first-order chi connectivity index (χ1) is 9.24. The van der Waals surface area contributed by atoms with Crippen LogP contribution in [0.1, 0.15) is 5.56 Å². The smallest absolute Gasteiger partial charge is 0.451 e. The van der Waals surface area contributed by atoms with E-state index in [-0.39, 0.29) is 11.6 Å². The number of rotatable bonds is 3. The lowest BCUT2D eigenvalue weighted by Crippen LogP contribution is -2.17. The monoisotopic (exact) mass is 252 g/mol. The molecule has 0 radical (unpaired) electrons. The number of benzene rings is 2. The van der Waals surface area contributed by atoms with Crippen molar-refractivity contribution in [1.29, 1.82) is 5.39 Å². The second-order valence-electron chi connectivity index (χ2n) is 4.03. The Kier molecular flexibility index (Phi) is 3.79. The number of hydrogen-bond donors (Lipinski definition) is 1. The van der Waals surface area contributed by atoms with Gasteiger partial charge < -0.3 is 10.0 Å². The highest BCUT2D eigenvalue weighted by atomic mass is 16.3. The minimum absolute atomic E-state index is 0.111. The SMILES string of the molecule is CN(/C(O)=C(\[N+]#N)c1ccccc1)c1ccccc1. The molecule has 94 valence electrons. The summed E-state index contributed by atoms with van der Waals surface area (Å²) in [5, 5.41) is 19.4. The van der Waals surface area contributed by atoms with Gasteiger partial charge in [-0.2, -0.15) is 0 Å². The molecule has 0 aliphatic carbocycles. The summed E-state index contributed by atoms with van der Waals surface area (Å²) in [6, 6.07) is 18.4. The van der Waals surface area contributed by atoms with E-state index in [1.165, 1.54) is 0 Å². The maximum absolute atomic E-state index is 10.2. The van der Waals surface area contributed by atoms with E-state index in [1.54, 1.807) is 24.1 Å². The van der Waals surface area contributed by atoms with Crippen LogP contribution < -0.4 is 4.90 Å². The van der Waals surface area contributed by atoms with Crippen molar-refractivity contribution in [3.05, 3.63) is 77.1 Å². The van der Waals surface area contributed by atoms with Crippen LogP contribution in [0.4, 0.5) is 5.69 Å². The van der Waals surface area contributed by atoms with Gasteiger partial charge in [0, 0.05) is 12.7 Å². The number of aliphatic hydroxyl groups is 1. The van der Waals surface area contributed by atoms with Crippen LogP contribution in [0.25, 0.3) is 10.7 Å². The van der Waals surface area contributed by atoms with Crippen LogP contribution in [-0.2, 0) is 0 Å². The van der Waals surface area contributed by atoms with Gasteiger partial charge >= 0.3 is 5.70 Å². The summed E-state index contributed by atoms with van der Waals surface area (Å²) in [5.41, 5.74) is 1.58. The summed E-state index contributed by atoms with van der Waals surface area (Å²) < 4.78 is 0. The predicted octanol–water partition coefficient (Wildman–Crippen LogP) is 3.86. The van der Waals surface area contributed by atoms with Gasteiger partial charge in [0.2, 0.25) is 5.39 Å². The van der Waals surface area contributed by atoms with Gasteiger partial charge in [0.15, 0.2) is 4.98 Å². The Balaban J connectivity index is 2.43. The molecule has 0 aromatic heterocycles. The van der Waals surface area contributed by atoms with Crippen LogP contribution in [-0.4, -0.2) is 12.2 Å². The van der Waals surface area contributed by atoms with Crippen molar-refractivity contribution in [2.24, 2.45) is 0 Å². The van der Waals surface area contributed by atoms with Gasteiger partial charge in [-0.1, -0.05) is 36.4 Å². The molecule has 2 aromatic carbocycles. The Morgan fingerprint density at radius 1 is 1.00 bits per heavy atom. The molecule has 4 heteroatoms. The first-order valence-electron chi connectivity index (χ1n) is 5.86. The topological polar surface area (TPSA) is 51.6 Å². The number of para-hydroxylation sites is 1. The summed E-state index contributed by atoms with van der Waals surface area (Å²) in [7, 11) is 1.71. The molecule has 0 amide bonds. The number of hydrogen-bond acceptors (Lipinski definition) is 3. The average molecular weight is 252 g/mol. The molecule has 0 heterocycles. The van der Waals surface area contributed by atoms with E-state index in [9.17, 15) is 5.11 Å². The highest BCUT2D eigenvalue weighted by Crippen LogP contribution is 2.24. The van der Waals surface area contributed by atoms with Crippen LogP contribution in [0.15, 0.2) is 66.5 Å². The van der Waals surface area contributed by atoms with Crippen LogP contribution in [0.2, 0.25) is 0 Å². The van der Waals surface area contributed by atoms with Crippen LogP contribution in [0.5, 0.6) is 0 Å². The van der Waals surface area contributed by atoms with Gasteiger partial charge in [-0.3, -0.25) is 0 Å². The lowest BCUT2D eigenvalue weighted by Gasteiger charge is -2.15. The maximum Gasteiger partial charge on any atom is 0.451 e. The molecule has 0 saturated carbocycles. The Labute approximate surface area is 111 Å². The Bertz CT molecular complexity index is 615. The van der Waals surface area contributed by atoms with E-state index in [1.807, 2.05) is 48.5 Å².